The van der Waals surface area contributed by atoms with Crippen molar-refractivity contribution in [2.75, 3.05) is 12.8 Å². The summed E-state index contributed by atoms with van der Waals surface area (Å²) in [5.74, 6) is 0. The van der Waals surface area contributed by atoms with Crippen molar-refractivity contribution in [3.05, 3.63) is 12.2 Å². The van der Waals surface area contributed by atoms with Crippen LogP contribution in [0.3, 0.4) is 0 Å². The van der Waals surface area contributed by atoms with Crippen molar-refractivity contribution in [2.45, 2.75) is 38.5 Å². The normalized spacial score (nSPS) is 16.3. The second kappa shape index (κ2) is 5.51. The molecular weight excluding hydrogens is 198 g/mol. The minimum absolute atomic E-state index is 0.0208. The van der Waals surface area contributed by atoms with Crippen LogP contribution in [0, 0.1) is 0 Å². The van der Waals surface area contributed by atoms with Gasteiger partial charge in [-0.05, 0) is 26.8 Å². The zero-order valence-electron chi connectivity index (χ0n) is 9.50. The van der Waals surface area contributed by atoms with Crippen LogP contribution in [0.5, 0.6) is 0 Å². The third-order valence-corrected chi connectivity index (χ3v) is 3.96. The molecule has 4 heteroatoms. The van der Waals surface area contributed by atoms with Gasteiger partial charge in [0.1, 0.15) is 0 Å². The number of sulfone groups is 1. The Bertz CT molecular complexity index is 282. The molecule has 1 N–H and O–H groups in total. The Kier molecular flexibility index (Phi) is 5.37. The fourth-order valence-electron chi connectivity index (χ4n) is 1.34. The molecule has 0 aliphatic heterocycles. The van der Waals surface area contributed by atoms with Crippen molar-refractivity contribution >= 4 is 9.84 Å². The van der Waals surface area contributed by atoms with Gasteiger partial charge in [-0.25, -0.2) is 8.42 Å². The van der Waals surface area contributed by atoms with Crippen molar-refractivity contribution in [3.8, 4) is 0 Å². The molecule has 0 amide bonds. The highest BCUT2D eigenvalue weighted by Crippen LogP contribution is 2.12. The van der Waals surface area contributed by atoms with E-state index in [9.17, 15) is 8.42 Å². The summed E-state index contributed by atoms with van der Waals surface area (Å²) < 4.78 is 22.7. The van der Waals surface area contributed by atoms with Crippen LogP contribution in [-0.4, -0.2) is 32.5 Å². The van der Waals surface area contributed by atoms with Crippen LogP contribution in [0.4, 0.5) is 0 Å². The summed E-state index contributed by atoms with van der Waals surface area (Å²) in [6, 6.07) is -0.0208. The van der Waals surface area contributed by atoms with Crippen LogP contribution in [0.1, 0.15) is 27.2 Å². The molecule has 0 bridgehead atoms. The molecule has 3 nitrogen and oxygen atoms in total. The lowest BCUT2D eigenvalue weighted by Crippen LogP contribution is -2.42. The fourth-order valence-corrected chi connectivity index (χ4v) is 2.13. The number of hydrogen-bond donors (Lipinski definition) is 1. The van der Waals surface area contributed by atoms with Crippen LogP contribution in [-0.2, 0) is 9.84 Å². The van der Waals surface area contributed by atoms with E-state index >= 15 is 0 Å². The molecular formula is C10H21NO2S. The van der Waals surface area contributed by atoms with Gasteiger partial charge in [-0.1, -0.05) is 12.5 Å². The van der Waals surface area contributed by atoms with E-state index in [4.69, 9.17) is 0 Å². The van der Waals surface area contributed by atoms with Gasteiger partial charge in [-0.15, -0.1) is 6.58 Å². The predicted molar refractivity (Wildman–Crippen MR) is 61.2 cm³/mol. The third kappa shape index (κ3) is 4.77. The molecule has 0 spiro atoms. The van der Waals surface area contributed by atoms with E-state index in [1.165, 1.54) is 6.26 Å². The van der Waals surface area contributed by atoms with E-state index in [0.717, 1.165) is 12.1 Å². The second-order valence-corrected chi connectivity index (χ2v) is 6.26. The summed E-state index contributed by atoms with van der Waals surface area (Å²) in [7, 11) is -2.97. The average Bonchev–Trinajstić information content (AvgIpc) is 2.00. The van der Waals surface area contributed by atoms with E-state index in [1.807, 2.05) is 13.8 Å². The first kappa shape index (κ1) is 13.7. The van der Waals surface area contributed by atoms with Crippen molar-refractivity contribution in [1.82, 2.24) is 5.32 Å². The van der Waals surface area contributed by atoms with E-state index < -0.39 is 9.84 Å². The molecule has 84 valence electrons. The van der Waals surface area contributed by atoms with Crippen molar-refractivity contribution in [1.29, 1.82) is 0 Å². The minimum atomic E-state index is -2.97. The van der Waals surface area contributed by atoms with Gasteiger partial charge in [0.25, 0.3) is 0 Å². The minimum Gasteiger partial charge on any atom is -0.313 e. The first-order valence-electron chi connectivity index (χ1n) is 4.85. The van der Waals surface area contributed by atoms with Gasteiger partial charge in [0.2, 0.25) is 0 Å². The summed E-state index contributed by atoms with van der Waals surface area (Å²) in [5, 5.41) is 2.82. The Morgan fingerprint density at radius 1 is 1.50 bits per heavy atom. The highest BCUT2D eigenvalue weighted by atomic mass is 32.2. The highest BCUT2D eigenvalue weighted by molar-refractivity contribution is 7.91. The Morgan fingerprint density at radius 3 is 2.29 bits per heavy atom. The first-order valence-corrected chi connectivity index (χ1v) is 6.81. The average molecular weight is 219 g/mol. The predicted octanol–water partition coefficient (Wildman–Crippen LogP) is 1.36. The maximum Gasteiger partial charge on any atom is 0.151 e. The first-order chi connectivity index (χ1) is 6.29. The molecule has 0 saturated carbocycles. The number of nitrogens with one attached hydrogen (secondary N) is 1. The molecule has 2 unspecified atom stereocenters. The molecule has 0 fully saturated rings. The van der Waals surface area contributed by atoms with Gasteiger partial charge in [0.05, 0.1) is 5.25 Å². The summed E-state index contributed by atoms with van der Waals surface area (Å²) >= 11 is 0. The maximum atomic E-state index is 11.4. The largest absolute Gasteiger partial charge is 0.313 e. The molecule has 2 atom stereocenters. The monoisotopic (exact) mass is 219 g/mol. The standard InChI is InChI=1S/C10H21NO2S/c1-6-11-10(7-8(2)3)9(4)14(5,12)13/h9-11H,2,6-7H2,1,3-5H3. The van der Waals surface area contributed by atoms with Gasteiger partial charge in [-0.2, -0.15) is 0 Å². The summed E-state index contributed by atoms with van der Waals surface area (Å²) in [5.41, 5.74) is 1.01. The SMILES string of the molecule is C=C(C)CC(NCC)C(C)S(C)(=O)=O. The molecule has 0 radical (unpaired) electrons. The van der Waals surface area contributed by atoms with Crippen molar-refractivity contribution in [2.24, 2.45) is 0 Å². The quantitative estimate of drug-likeness (QED) is 0.686. The molecule has 0 aromatic carbocycles. The number of hydrogen-bond acceptors (Lipinski definition) is 3. The molecule has 0 aliphatic carbocycles. The number of rotatable bonds is 6. The van der Waals surface area contributed by atoms with Gasteiger partial charge in [-0.3, -0.25) is 0 Å². The Balaban J connectivity index is 4.56. The smallest absolute Gasteiger partial charge is 0.151 e. The van der Waals surface area contributed by atoms with E-state index in [0.29, 0.717) is 6.42 Å². The Hall–Kier alpha value is -0.350. The van der Waals surface area contributed by atoms with Gasteiger partial charge in [0.15, 0.2) is 9.84 Å². The Morgan fingerprint density at radius 2 is 2.00 bits per heavy atom. The summed E-state index contributed by atoms with van der Waals surface area (Å²) in [4.78, 5) is 0. The highest BCUT2D eigenvalue weighted by Gasteiger charge is 2.24. The van der Waals surface area contributed by atoms with Crippen molar-refractivity contribution < 1.29 is 8.42 Å². The molecule has 0 aromatic heterocycles. The van der Waals surface area contributed by atoms with Crippen LogP contribution in [0.25, 0.3) is 0 Å². The third-order valence-electron chi connectivity index (χ3n) is 2.28. The second-order valence-electron chi connectivity index (χ2n) is 3.86. The van der Waals surface area contributed by atoms with E-state index in [-0.39, 0.29) is 11.3 Å². The van der Waals surface area contributed by atoms with Gasteiger partial charge < -0.3 is 5.32 Å². The summed E-state index contributed by atoms with van der Waals surface area (Å²) in [6.45, 7) is 10.2. The van der Waals surface area contributed by atoms with Crippen LogP contribution in [0.15, 0.2) is 12.2 Å². The molecule has 0 saturated heterocycles. The lowest BCUT2D eigenvalue weighted by Gasteiger charge is -2.23. The van der Waals surface area contributed by atoms with Crippen LogP contribution in [0.2, 0.25) is 0 Å². The zero-order valence-corrected chi connectivity index (χ0v) is 10.3. The molecule has 0 aliphatic rings. The van der Waals surface area contributed by atoms with Crippen LogP contribution >= 0.6 is 0 Å². The Labute approximate surface area is 87.5 Å². The maximum absolute atomic E-state index is 11.4. The summed E-state index contributed by atoms with van der Waals surface area (Å²) in [6.07, 6.45) is 1.99. The fraction of sp³-hybridized carbons (Fsp3) is 0.800. The van der Waals surface area contributed by atoms with Crippen LogP contribution < -0.4 is 5.32 Å². The molecule has 14 heavy (non-hydrogen) atoms. The molecule has 0 heterocycles. The molecule has 0 aromatic rings. The lowest BCUT2D eigenvalue weighted by molar-refractivity contribution is 0.493. The zero-order chi connectivity index (χ0) is 11.4. The van der Waals surface area contributed by atoms with Gasteiger partial charge >= 0.3 is 0 Å². The topological polar surface area (TPSA) is 46.2 Å². The van der Waals surface area contributed by atoms with E-state index in [1.54, 1.807) is 6.92 Å². The van der Waals surface area contributed by atoms with Crippen molar-refractivity contribution in [3.63, 3.8) is 0 Å². The van der Waals surface area contributed by atoms with E-state index in [2.05, 4.69) is 11.9 Å². The lowest BCUT2D eigenvalue weighted by atomic mass is 10.1. The van der Waals surface area contributed by atoms with Gasteiger partial charge in [0, 0.05) is 12.3 Å². The molecule has 0 rings (SSSR count).